The maximum atomic E-state index is 14.6. The van der Waals surface area contributed by atoms with Gasteiger partial charge in [0, 0.05) is 10.0 Å². The van der Waals surface area contributed by atoms with Crippen molar-refractivity contribution in [3.05, 3.63) is 51.0 Å². The molecule has 1 atom stereocenters. The molecule has 0 spiro atoms. The molecule has 0 aromatic heterocycles. The molecule has 0 saturated heterocycles. The maximum absolute atomic E-state index is 14.6. The highest BCUT2D eigenvalue weighted by molar-refractivity contribution is 9.10. The predicted octanol–water partition coefficient (Wildman–Crippen LogP) is 6.66. The number of anilines is 2. The summed E-state index contributed by atoms with van der Waals surface area (Å²) >= 11 is 10.2. The zero-order valence-electron chi connectivity index (χ0n) is 14.7. The third-order valence-electron chi connectivity index (χ3n) is 3.95. The zero-order chi connectivity index (χ0) is 23.1. The smallest absolute Gasteiger partial charge is 0.433 e. The topological polar surface area (TPSA) is 64.3 Å². The fourth-order valence-electron chi connectivity index (χ4n) is 2.52. The van der Waals surface area contributed by atoms with E-state index in [1.165, 1.54) is 41.2 Å². The van der Waals surface area contributed by atoms with Crippen molar-refractivity contribution < 1.29 is 35.9 Å². The molecule has 0 radical (unpaired) electrons. The lowest BCUT2D eigenvalue weighted by Crippen LogP contribution is -2.49. The van der Waals surface area contributed by atoms with Gasteiger partial charge in [0.15, 0.2) is 5.75 Å². The number of alkyl halides is 7. The number of hydrogen-bond donors (Lipinski definition) is 2. The first-order chi connectivity index (χ1) is 13.6. The summed E-state index contributed by atoms with van der Waals surface area (Å²) < 4.78 is 85.8. The van der Waals surface area contributed by atoms with Crippen molar-refractivity contribution in [2.45, 2.75) is 16.7 Å². The van der Waals surface area contributed by atoms with Crippen LogP contribution in [0.15, 0.2) is 34.8 Å². The molecule has 0 bridgehead atoms. The van der Waals surface area contributed by atoms with Crippen LogP contribution in [0.1, 0.15) is 15.9 Å². The van der Waals surface area contributed by atoms with Crippen molar-refractivity contribution in [2.75, 3.05) is 18.2 Å². The molecule has 2 rings (SSSR count). The molecule has 30 heavy (non-hydrogen) atoms. The molecule has 1 unspecified atom stereocenters. The van der Waals surface area contributed by atoms with Gasteiger partial charge >= 0.3 is 16.7 Å². The van der Waals surface area contributed by atoms with Crippen LogP contribution in [0.2, 0.25) is 5.02 Å². The number of nitrogen functional groups attached to an aromatic ring is 1. The third kappa shape index (κ3) is 4.35. The number of methoxy groups -OCH3 is 1. The van der Waals surface area contributed by atoms with Gasteiger partial charge in [-0.2, -0.15) is 22.0 Å². The number of para-hydroxylation sites is 1. The Morgan fingerprint density at radius 3 is 2.23 bits per heavy atom. The number of nitrogens with one attached hydrogen (secondary N) is 1. The van der Waals surface area contributed by atoms with E-state index in [2.05, 4.69) is 21.2 Å². The van der Waals surface area contributed by atoms with Crippen LogP contribution in [0.25, 0.3) is 0 Å². The van der Waals surface area contributed by atoms with Crippen LogP contribution in [-0.4, -0.2) is 24.0 Å². The first-order valence-corrected chi connectivity index (χ1v) is 9.67. The van der Waals surface area contributed by atoms with Gasteiger partial charge in [-0.15, -0.1) is 0 Å². The summed E-state index contributed by atoms with van der Waals surface area (Å²) in [6, 6.07) is 5.06. The molecule has 13 heteroatoms. The molecule has 0 aliphatic rings. The molecular formula is C17H11Br2ClF6N2O2. The maximum Gasteiger partial charge on any atom is 0.433 e. The molecule has 2 aromatic carbocycles. The van der Waals surface area contributed by atoms with Gasteiger partial charge in [0.25, 0.3) is 5.91 Å². The van der Waals surface area contributed by atoms with Crippen LogP contribution in [0.4, 0.5) is 37.7 Å². The lowest BCUT2D eigenvalue weighted by atomic mass is 9.95. The van der Waals surface area contributed by atoms with Crippen molar-refractivity contribution >= 4 is 60.7 Å². The Morgan fingerprint density at radius 1 is 1.17 bits per heavy atom. The van der Waals surface area contributed by atoms with E-state index >= 15 is 0 Å². The van der Waals surface area contributed by atoms with Crippen molar-refractivity contribution in [3.8, 4) is 5.75 Å². The van der Waals surface area contributed by atoms with Gasteiger partial charge in [-0.05, 0) is 56.1 Å². The summed E-state index contributed by atoms with van der Waals surface area (Å²) in [7, 11) is 1.26. The van der Waals surface area contributed by atoms with Gasteiger partial charge in [0.1, 0.15) is 0 Å². The average molecular weight is 585 g/mol. The molecule has 0 heterocycles. The molecule has 1 amide bonds. The zero-order valence-corrected chi connectivity index (χ0v) is 18.6. The summed E-state index contributed by atoms with van der Waals surface area (Å²) in [5.41, 5.74) is -1.04. The van der Waals surface area contributed by atoms with Crippen molar-refractivity contribution in [3.63, 3.8) is 0 Å². The number of nitrogens with two attached hydrogens (primary N) is 1. The Hall–Kier alpha value is -1.66. The van der Waals surface area contributed by atoms with Gasteiger partial charge in [-0.25, -0.2) is 4.39 Å². The fraction of sp³-hybridized carbons (Fsp3) is 0.235. The van der Waals surface area contributed by atoms with Gasteiger partial charge < -0.3 is 15.8 Å². The van der Waals surface area contributed by atoms with Gasteiger partial charge in [0.2, 0.25) is 0 Å². The number of hydrogen-bond acceptors (Lipinski definition) is 3. The summed E-state index contributed by atoms with van der Waals surface area (Å²) in [5, 5.41) is 1.67. The van der Waals surface area contributed by atoms with Gasteiger partial charge in [-0.1, -0.05) is 17.7 Å². The van der Waals surface area contributed by atoms with Crippen LogP contribution in [0.3, 0.4) is 0 Å². The van der Waals surface area contributed by atoms with Crippen molar-refractivity contribution in [1.82, 2.24) is 0 Å². The second kappa shape index (κ2) is 8.46. The van der Waals surface area contributed by atoms with E-state index in [1.807, 2.05) is 0 Å². The number of rotatable bonds is 5. The number of carbonyl (C=O) groups is 1. The van der Waals surface area contributed by atoms with Crippen LogP contribution in [0.5, 0.6) is 5.75 Å². The molecular weight excluding hydrogens is 573 g/mol. The number of halogens is 9. The normalized spacial score (nSPS) is 14.2. The molecule has 0 aliphatic carbocycles. The summed E-state index contributed by atoms with van der Waals surface area (Å²) in [5.74, 6) is -0.791. The Bertz CT molecular complexity index is 945. The highest BCUT2D eigenvalue weighted by atomic mass is 79.9. The SMILES string of the molecule is COc1c(N)cccc1C(=O)Nc1c(Cl)cc(C(F)(C(F)(F)F)C(F)(F)Br)cc1Br. The molecule has 4 nitrogen and oxygen atoms in total. The van der Waals surface area contributed by atoms with E-state index in [0.717, 1.165) is 0 Å². The highest BCUT2D eigenvalue weighted by Crippen LogP contribution is 2.56. The minimum Gasteiger partial charge on any atom is -0.494 e. The molecule has 0 saturated carbocycles. The summed E-state index contributed by atoms with van der Waals surface area (Å²) in [6.45, 7) is 0. The minimum atomic E-state index is -5.98. The van der Waals surface area contributed by atoms with E-state index in [-0.39, 0.29) is 27.2 Å². The molecule has 3 N–H and O–H groups in total. The average Bonchev–Trinajstić information content (AvgIpc) is 2.61. The first-order valence-electron chi connectivity index (χ1n) is 7.70. The lowest BCUT2D eigenvalue weighted by molar-refractivity contribution is -0.282. The Balaban J connectivity index is 2.52. The van der Waals surface area contributed by atoms with E-state index < -0.39 is 33.2 Å². The van der Waals surface area contributed by atoms with Crippen molar-refractivity contribution in [1.29, 1.82) is 0 Å². The summed E-state index contributed by atoms with van der Waals surface area (Å²) in [6.07, 6.45) is -5.98. The van der Waals surface area contributed by atoms with E-state index in [9.17, 15) is 31.1 Å². The van der Waals surface area contributed by atoms with Crippen LogP contribution < -0.4 is 15.8 Å². The molecule has 0 aliphatic heterocycles. The number of carbonyl (C=O) groups excluding carboxylic acids is 1. The summed E-state index contributed by atoms with van der Waals surface area (Å²) in [4.78, 5) is 7.54. The van der Waals surface area contributed by atoms with E-state index in [0.29, 0.717) is 12.1 Å². The largest absolute Gasteiger partial charge is 0.494 e. The Kier molecular flexibility index (Phi) is 6.94. The molecule has 2 aromatic rings. The highest BCUT2D eigenvalue weighted by Gasteiger charge is 2.71. The lowest BCUT2D eigenvalue weighted by Gasteiger charge is -2.32. The second-order valence-corrected chi connectivity index (χ2v) is 8.11. The first kappa shape index (κ1) is 24.6. The molecule has 0 fully saturated rings. The van der Waals surface area contributed by atoms with Crippen molar-refractivity contribution in [2.24, 2.45) is 0 Å². The Labute approximate surface area is 188 Å². The van der Waals surface area contributed by atoms with E-state index in [4.69, 9.17) is 22.1 Å². The second-order valence-electron chi connectivity index (χ2n) is 5.85. The molecule has 164 valence electrons. The minimum absolute atomic E-state index is 0.0256. The van der Waals surface area contributed by atoms with Crippen LogP contribution in [0, 0.1) is 0 Å². The predicted molar refractivity (Wildman–Crippen MR) is 107 cm³/mol. The van der Waals surface area contributed by atoms with Crippen LogP contribution >= 0.6 is 43.5 Å². The standard InChI is InChI=1S/C17H11Br2ClF6N2O2/c1-30-13-8(3-2-4-11(13)27)14(29)28-12-9(18)5-7(6-10(12)20)15(21,16(19,22)23)17(24,25)26/h2-6H,27H2,1H3,(H,28,29). The number of ether oxygens (including phenoxy) is 1. The fourth-order valence-corrected chi connectivity index (χ4v) is 3.92. The van der Waals surface area contributed by atoms with Gasteiger partial charge in [0.05, 0.1) is 29.1 Å². The van der Waals surface area contributed by atoms with Gasteiger partial charge in [-0.3, -0.25) is 4.79 Å². The van der Waals surface area contributed by atoms with E-state index in [1.54, 1.807) is 0 Å². The number of benzene rings is 2. The monoisotopic (exact) mass is 582 g/mol. The number of amides is 1. The Morgan fingerprint density at radius 2 is 1.77 bits per heavy atom. The quantitative estimate of drug-likeness (QED) is 0.235. The third-order valence-corrected chi connectivity index (χ3v) is 5.42. The van der Waals surface area contributed by atoms with Crippen LogP contribution in [-0.2, 0) is 5.67 Å².